The van der Waals surface area contributed by atoms with Crippen LogP contribution in [0.4, 0.5) is 27.6 Å². The van der Waals surface area contributed by atoms with E-state index in [2.05, 4.69) is 47.2 Å². The Morgan fingerprint density at radius 3 is 2.54 bits per heavy atom. The second-order valence-electron chi connectivity index (χ2n) is 9.87. The number of amidine groups is 1. The third kappa shape index (κ3) is 4.57. The van der Waals surface area contributed by atoms with Crippen molar-refractivity contribution in [2.75, 3.05) is 11.4 Å². The van der Waals surface area contributed by atoms with Crippen LogP contribution in [-0.2, 0) is 22.0 Å². The smallest absolute Gasteiger partial charge is 0.368 e. The minimum atomic E-state index is -4.72. The molecule has 3 heterocycles. The number of aliphatic imine (C=N–C) groups is 1. The molecular weight excluding hydrogens is 627 g/mol. The van der Waals surface area contributed by atoms with Gasteiger partial charge in [0, 0.05) is 45.6 Å². The number of carbonyl (C=O) groups is 1. The van der Waals surface area contributed by atoms with Gasteiger partial charge in [0.2, 0.25) is 0 Å². The van der Waals surface area contributed by atoms with Gasteiger partial charge in [-0.2, -0.15) is 13.2 Å². The van der Waals surface area contributed by atoms with Crippen molar-refractivity contribution < 1.29 is 26.7 Å². The summed E-state index contributed by atoms with van der Waals surface area (Å²) in [6, 6.07) is 4.95. The van der Waals surface area contributed by atoms with Crippen LogP contribution in [0.3, 0.4) is 0 Å². The molecule has 1 spiro atoms. The summed E-state index contributed by atoms with van der Waals surface area (Å²) in [6.07, 6.45) is -3.47. The number of alkyl halides is 5. The van der Waals surface area contributed by atoms with Crippen LogP contribution in [0.25, 0.3) is 0 Å². The first-order chi connectivity index (χ1) is 17.4. The number of nitrogens with one attached hydrogen (secondary N) is 1. The molecule has 37 heavy (non-hydrogen) atoms. The summed E-state index contributed by atoms with van der Waals surface area (Å²) in [5.74, 6) is -0.700. The highest BCUT2D eigenvalue weighted by Gasteiger charge is 2.50. The van der Waals surface area contributed by atoms with Crippen molar-refractivity contribution >= 4 is 49.3 Å². The van der Waals surface area contributed by atoms with Gasteiger partial charge in [0.1, 0.15) is 22.9 Å². The number of carbonyl (C=O) groups excluding carboxylic acids is 1. The fourth-order valence-corrected chi connectivity index (χ4v) is 6.36. The van der Waals surface area contributed by atoms with Gasteiger partial charge in [-0.05, 0) is 56.9 Å². The maximum Gasteiger partial charge on any atom is 0.433 e. The van der Waals surface area contributed by atoms with E-state index in [1.807, 2.05) is 17.9 Å². The zero-order valence-corrected chi connectivity index (χ0v) is 22.9. The number of hydrogen-bond acceptors (Lipinski definition) is 4. The Balaban J connectivity index is 1.49. The first kappa shape index (κ1) is 26.5. The molecule has 5 rings (SSSR count). The Morgan fingerprint density at radius 2 is 1.95 bits per heavy atom. The van der Waals surface area contributed by atoms with E-state index in [1.54, 1.807) is 0 Å². The fourth-order valence-electron chi connectivity index (χ4n) is 5.39. The van der Waals surface area contributed by atoms with Crippen molar-refractivity contribution in [2.24, 2.45) is 4.99 Å². The molecule has 2 fully saturated rings. The number of benzene rings is 1. The Bertz CT molecular complexity index is 1300. The van der Waals surface area contributed by atoms with Gasteiger partial charge in [-0.1, -0.05) is 31.9 Å². The van der Waals surface area contributed by atoms with E-state index in [9.17, 15) is 22.4 Å². The van der Waals surface area contributed by atoms with Crippen molar-refractivity contribution in [3.63, 3.8) is 0 Å². The van der Waals surface area contributed by atoms with Gasteiger partial charge < -0.3 is 10.2 Å². The molecule has 0 radical (unpaired) electrons. The summed E-state index contributed by atoms with van der Waals surface area (Å²) >= 11 is 6.69. The second-order valence-corrected chi connectivity index (χ2v) is 11.3. The lowest BCUT2D eigenvalue weighted by molar-refractivity contribution is -0.141. The van der Waals surface area contributed by atoms with Crippen LogP contribution in [0.15, 0.2) is 33.7 Å². The topological polar surface area (TPSA) is 57.6 Å². The van der Waals surface area contributed by atoms with Gasteiger partial charge in [-0.15, -0.1) is 0 Å². The van der Waals surface area contributed by atoms with E-state index in [0.29, 0.717) is 46.9 Å². The Labute approximate surface area is 227 Å². The Hall–Kier alpha value is -2.08. The number of nitrogens with zero attached hydrogens (tertiary/aromatic N) is 3. The largest absolute Gasteiger partial charge is 0.433 e. The predicted molar refractivity (Wildman–Crippen MR) is 136 cm³/mol. The van der Waals surface area contributed by atoms with Crippen molar-refractivity contribution in [3.8, 4) is 0 Å². The average molecular weight is 650 g/mol. The summed E-state index contributed by atoms with van der Waals surface area (Å²) in [6.45, 7) is 2.31. The normalized spacial score (nSPS) is 25.2. The van der Waals surface area contributed by atoms with E-state index in [1.165, 1.54) is 6.07 Å². The van der Waals surface area contributed by atoms with Gasteiger partial charge in [0.25, 0.3) is 5.91 Å². The van der Waals surface area contributed by atoms with Crippen LogP contribution >= 0.6 is 31.9 Å². The first-order valence-corrected chi connectivity index (χ1v) is 13.8. The molecule has 0 unspecified atom stereocenters. The minimum absolute atomic E-state index is 0.0421. The molecule has 1 saturated carbocycles. The van der Waals surface area contributed by atoms with Crippen LogP contribution in [0.1, 0.15) is 61.5 Å². The molecule has 198 valence electrons. The number of halogens is 7. The third-order valence-corrected chi connectivity index (χ3v) is 8.52. The lowest BCUT2D eigenvalue weighted by atomic mass is 9.77. The number of piperidine rings is 1. The van der Waals surface area contributed by atoms with Crippen LogP contribution < -0.4 is 10.2 Å². The van der Waals surface area contributed by atoms with Gasteiger partial charge in [-0.3, -0.25) is 9.79 Å². The number of hydrogen-bond donors (Lipinski definition) is 1. The molecule has 3 aliphatic rings. The highest BCUT2D eigenvalue weighted by Crippen LogP contribution is 2.47. The van der Waals surface area contributed by atoms with Crippen LogP contribution in [0, 0.1) is 5.82 Å². The van der Waals surface area contributed by atoms with E-state index in [0.717, 1.165) is 12.1 Å². The molecule has 2 aromatic rings. The molecule has 1 N–H and O–H groups in total. The molecule has 1 saturated heterocycles. The summed E-state index contributed by atoms with van der Waals surface area (Å²) in [5.41, 5.74) is -3.39. The van der Waals surface area contributed by atoms with Gasteiger partial charge >= 0.3 is 6.18 Å². The van der Waals surface area contributed by atoms with Crippen molar-refractivity contribution in [2.45, 2.75) is 67.8 Å². The van der Waals surface area contributed by atoms with Crippen molar-refractivity contribution in [1.82, 2.24) is 10.3 Å². The lowest BCUT2D eigenvalue weighted by Gasteiger charge is -2.42. The Morgan fingerprint density at radius 1 is 1.22 bits per heavy atom. The molecule has 1 amide bonds. The third-order valence-electron chi connectivity index (χ3n) is 7.50. The molecule has 1 aliphatic carbocycles. The second kappa shape index (κ2) is 9.29. The molecule has 5 nitrogen and oxygen atoms in total. The van der Waals surface area contributed by atoms with Crippen LogP contribution in [-0.4, -0.2) is 34.9 Å². The highest BCUT2D eigenvalue weighted by atomic mass is 79.9. The summed E-state index contributed by atoms with van der Waals surface area (Å²) in [7, 11) is 0. The lowest BCUT2D eigenvalue weighted by Crippen LogP contribution is -2.53. The van der Waals surface area contributed by atoms with E-state index >= 15 is 4.39 Å². The van der Waals surface area contributed by atoms with Gasteiger partial charge in [0.15, 0.2) is 5.67 Å². The number of rotatable bonds is 4. The fraction of sp³-hybridized carbons (Fsp3) is 0.480. The van der Waals surface area contributed by atoms with E-state index in [-0.39, 0.29) is 47.7 Å². The van der Waals surface area contributed by atoms with Gasteiger partial charge in [-0.25, -0.2) is 13.8 Å². The zero-order chi connectivity index (χ0) is 26.8. The van der Waals surface area contributed by atoms with Crippen molar-refractivity contribution in [1.29, 1.82) is 0 Å². The van der Waals surface area contributed by atoms with Crippen LogP contribution in [0.2, 0.25) is 0 Å². The SMILES string of the molecule is C[C@H]1C[C@@]2(CCN1c1cc(Br)cc(F)c1CBr)N=C(c1ccc(C(F)(F)F)nc1C1(F)CCC1)NC2=O. The molecule has 2 atom stereocenters. The standard InChI is InChI=1S/C25H23Br2F5N4O/c1-13-11-24(7-8-36(13)18-10-14(27)9-17(28)16(18)12-26)22(37)34-21(35-24)15-3-4-19(25(30,31)32)33-20(15)23(29)5-2-6-23/h3-4,9-10,13H,2,5-8,11-12H2,1H3,(H,34,35,37)/t13-,24+/m0/s1. The quantitative estimate of drug-likeness (QED) is 0.302. The van der Waals surface area contributed by atoms with Crippen LogP contribution in [0.5, 0.6) is 0 Å². The van der Waals surface area contributed by atoms with E-state index in [4.69, 9.17) is 0 Å². The molecular formula is C25H23Br2F5N4O. The minimum Gasteiger partial charge on any atom is -0.368 e. The summed E-state index contributed by atoms with van der Waals surface area (Å²) in [4.78, 5) is 23.6. The number of aromatic nitrogens is 1. The average Bonchev–Trinajstić information content (AvgIpc) is 3.11. The molecule has 0 bridgehead atoms. The number of anilines is 1. The maximum atomic E-state index is 15.4. The van der Waals surface area contributed by atoms with Gasteiger partial charge in [0.05, 0.1) is 5.69 Å². The Kier molecular flexibility index (Phi) is 6.66. The number of pyridine rings is 1. The molecule has 12 heteroatoms. The monoisotopic (exact) mass is 648 g/mol. The summed E-state index contributed by atoms with van der Waals surface area (Å²) < 4.78 is 70.6. The number of amides is 1. The summed E-state index contributed by atoms with van der Waals surface area (Å²) in [5, 5.41) is 3.01. The van der Waals surface area contributed by atoms with Crippen molar-refractivity contribution in [3.05, 3.63) is 57.1 Å². The van der Waals surface area contributed by atoms with E-state index < -0.39 is 23.1 Å². The molecule has 1 aromatic carbocycles. The molecule has 2 aliphatic heterocycles. The zero-order valence-electron chi connectivity index (χ0n) is 19.7. The predicted octanol–water partition coefficient (Wildman–Crippen LogP) is 6.55. The highest BCUT2D eigenvalue weighted by molar-refractivity contribution is 9.10. The molecule has 1 aromatic heterocycles. The maximum absolute atomic E-state index is 15.4. The first-order valence-electron chi connectivity index (χ1n) is 11.9.